The first kappa shape index (κ1) is 15.3. The summed E-state index contributed by atoms with van der Waals surface area (Å²) < 4.78 is 5.37. The van der Waals surface area contributed by atoms with E-state index in [-0.39, 0.29) is 0 Å². The van der Waals surface area contributed by atoms with E-state index in [1.165, 1.54) is 18.6 Å². The van der Waals surface area contributed by atoms with Gasteiger partial charge in [-0.25, -0.2) is 0 Å². The molecule has 1 rings (SSSR count). The monoisotopic (exact) mass is 260 g/mol. The molecule has 0 amide bonds. The number of nitrogens with zero attached hydrogens (tertiary/aromatic N) is 1. The molecule has 0 bridgehead atoms. The van der Waals surface area contributed by atoms with E-state index in [9.17, 15) is 0 Å². The molecule has 1 aliphatic rings. The molecule has 0 aromatic heterocycles. The third-order valence-electron chi connectivity index (χ3n) is 3.55. The smallest absolute Gasteiger partial charge is 0.0507 e. The summed E-state index contributed by atoms with van der Waals surface area (Å²) in [5.41, 5.74) is 0. The largest absolute Gasteiger partial charge is 0.381 e. The molecule has 0 radical (unpaired) electrons. The topological polar surface area (TPSA) is 24.5 Å². The third kappa shape index (κ3) is 6.09. The summed E-state index contributed by atoms with van der Waals surface area (Å²) >= 11 is 1.94. The molecule has 0 aromatic carbocycles. The fourth-order valence-electron chi connectivity index (χ4n) is 2.24. The second-order valence-electron chi connectivity index (χ2n) is 4.93. The number of hydrogen-bond donors (Lipinski definition) is 1. The Balaban J connectivity index is 2.03. The SMILES string of the molecule is CCC(CSC)N(C)CCNCC1CCOC1. The summed E-state index contributed by atoms with van der Waals surface area (Å²) in [5.74, 6) is 1.98. The number of nitrogens with one attached hydrogen (secondary N) is 1. The van der Waals surface area contributed by atoms with Gasteiger partial charge in [0.15, 0.2) is 0 Å². The molecule has 4 heteroatoms. The number of likely N-dealkylation sites (N-methyl/N-ethyl adjacent to an activating group) is 1. The molecule has 0 aromatic rings. The highest BCUT2D eigenvalue weighted by molar-refractivity contribution is 7.98. The maximum atomic E-state index is 5.37. The van der Waals surface area contributed by atoms with E-state index in [0.29, 0.717) is 0 Å². The predicted molar refractivity (Wildman–Crippen MR) is 76.9 cm³/mol. The first-order valence-corrected chi connectivity index (χ1v) is 8.15. The van der Waals surface area contributed by atoms with Crippen molar-refractivity contribution in [2.75, 3.05) is 51.9 Å². The van der Waals surface area contributed by atoms with Gasteiger partial charge in [-0.05, 0) is 32.1 Å². The Hall–Kier alpha value is 0.230. The number of rotatable bonds is 9. The van der Waals surface area contributed by atoms with Crippen LogP contribution in [0.3, 0.4) is 0 Å². The van der Waals surface area contributed by atoms with Crippen LogP contribution < -0.4 is 5.32 Å². The minimum Gasteiger partial charge on any atom is -0.381 e. The van der Waals surface area contributed by atoms with Crippen molar-refractivity contribution in [2.45, 2.75) is 25.8 Å². The normalized spacial score (nSPS) is 22.2. The van der Waals surface area contributed by atoms with Gasteiger partial charge in [-0.3, -0.25) is 0 Å². The zero-order valence-corrected chi connectivity index (χ0v) is 12.4. The molecule has 1 aliphatic heterocycles. The highest BCUT2D eigenvalue weighted by atomic mass is 32.2. The molecule has 17 heavy (non-hydrogen) atoms. The molecule has 3 nitrogen and oxygen atoms in total. The predicted octanol–water partition coefficient (Wildman–Crippen LogP) is 1.69. The first-order valence-electron chi connectivity index (χ1n) is 6.75. The Kier molecular flexibility index (Phi) is 8.27. The Labute approximate surface area is 111 Å². The molecule has 0 aliphatic carbocycles. The molecular weight excluding hydrogens is 232 g/mol. The van der Waals surface area contributed by atoms with E-state index in [1.54, 1.807) is 0 Å². The van der Waals surface area contributed by atoms with Gasteiger partial charge >= 0.3 is 0 Å². The quantitative estimate of drug-likeness (QED) is 0.638. The van der Waals surface area contributed by atoms with Crippen LogP contribution in [0.2, 0.25) is 0 Å². The van der Waals surface area contributed by atoms with Crippen molar-refractivity contribution >= 4 is 11.8 Å². The lowest BCUT2D eigenvalue weighted by Gasteiger charge is -2.26. The lowest BCUT2D eigenvalue weighted by molar-refractivity contribution is 0.184. The average Bonchev–Trinajstić information content (AvgIpc) is 2.84. The van der Waals surface area contributed by atoms with E-state index >= 15 is 0 Å². The molecule has 0 saturated carbocycles. The third-order valence-corrected chi connectivity index (χ3v) is 4.27. The standard InChI is InChI=1S/C13H28N2OS/c1-4-13(11-17-3)15(2)7-6-14-9-12-5-8-16-10-12/h12-14H,4-11H2,1-3H3. The molecule has 1 heterocycles. The van der Waals surface area contributed by atoms with E-state index in [2.05, 4.69) is 30.4 Å². The highest BCUT2D eigenvalue weighted by Crippen LogP contribution is 2.10. The van der Waals surface area contributed by atoms with Crippen LogP contribution in [0.25, 0.3) is 0 Å². The lowest BCUT2D eigenvalue weighted by Crippen LogP contribution is -2.39. The highest BCUT2D eigenvalue weighted by Gasteiger charge is 2.15. The van der Waals surface area contributed by atoms with Gasteiger partial charge in [0.1, 0.15) is 0 Å². The van der Waals surface area contributed by atoms with Crippen LogP contribution >= 0.6 is 11.8 Å². The maximum absolute atomic E-state index is 5.37. The van der Waals surface area contributed by atoms with Gasteiger partial charge < -0.3 is 15.0 Å². The summed E-state index contributed by atoms with van der Waals surface area (Å²) in [5, 5.41) is 3.55. The molecule has 1 N–H and O–H groups in total. The Morgan fingerprint density at radius 1 is 1.53 bits per heavy atom. The molecule has 1 saturated heterocycles. The van der Waals surface area contributed by atoms with Gasteiger partial charge in [-0.15, -0.1) is 0 Å². The van der Waals surface area contributed by atoms with Crippen molar-refractivity contribution in [3.8, 4) is 0 Å². The number of ether oxygens (including phenoxy) is 1. The van der Waals surface area contributed by atoms with Gasteiger partial charge in [0.25, 0.3) is 0 Å². The maximum Gasteiger partial charge on any atom is 0.0507 e. The van der Waals surface area contributed by atoms with Crippen LogP contribution in [0.15, 0.2) is 0 Å². The summed E-state index contributed by atoms with van der Waals surface area (Å²) in [6, 6.07) is 0.724. The van der Waals surface area contributed by atoms with Gasteiger partial charge in [-0.2, -0.15) is 11.8 Å². The fraction of sp³-hybridized carbons (Fsp3) is 1.00. The van der Waals surface area contributed by atoms with Crippen LogP contribution in [0.4, 0.5) is 0 Å². The molecule has 1 fully saturated rings. The average molecular weight is 260 g/mol. The van der Waals surface area contributed by atoms with E-state index < -0.39 is 0 Å². The summed E-state index contributed by atoms with van der Waals surface area (Å²) in [4.78, 5) is 2.48. The molecule has 2 unspecified atom stereocenters. The van der Waals surface area contributed by atoms with Gasteiger partial charge in [0.05, 0.1) is 6.61 Å². The van der Waals surface area contributed by atoms with Crippen molar-refractivity contribution in [1.82, 2.24) is 10.2 Å². The number of thioether (sulfide) groups is 1. The van der Waals surface area contributed by atoms with Crippen molar-refractivity contribution in [1.29, 1.82) is 0 Å². The number of hydrogen-bond acceptors (Lipinski definition) is 4. The van der Waals surface area contributed by atoms with Crippen molar-refractivity contribution in [2.24, 2.45) is 5.92 Å². The molecule has 0 spiro atoms. The van der Waals surface area contributed by atoms with Crippen LogP contribution in [0.1, 0.15) is 19.8 Å². The van der Waals surface area contributed by atoms with Gasteiger partial charge in [-0.1, -0.05) is 6.92 Å². The van der Waals surface area contributed by atoms with Crippen molar-refractivity contribution in [3.05, 3.63) is 0 Å². The van der Waals surface area contributed by atoms with E-state index in [4.69, 9.17) is 4.74 Å². The second-order valence-corrected chi connectivity index (χ2v) is 5.84. The second kappa shape index (κ2) is 9.20. The lowest BCUT2D eigenvalue weighted by atomic mass is 10.1. The fourth-order valence-corrected chi connectivity index (χ4v) is 3.11. The van der Waals surface area contributed by atoms with Crippen molar-refractivity contribution < 1.29 is 4.74 Å². The minimum absolute atomic E-state index is 0.724. The Bertz CT molecular complexity index is 186. The van der Waals surface area contributed by atoms with Gasteiger partial charge in [0, 0.05) is 38.0 Å². The Morgan fingerprint density at radius 3 is 2.94 bits per heavy atom. The summed E-state index contributed by atoms with van der Waals surface area (Å²) in [6.07, 6.45) is 4.66. The first-order chi connectivity index (χ1) is 8.27. The molecular formula is C13H28N2OS. The van der Waals surface area contributed by atoms with Crippen LogP contribution in [0, 0.1) is 5.92 Å². The van der Waals surface area contributed by atoms with Gasteiger partial charge in [0.2, 0.25) is 0 Å². The van der Waals surface area contributed by atoms with Crippen LogP contribution in [-0.2, 0) is 4.74 Å². The van der Waals surface area contributed by atoms with Crippen LogP contribution in [0.5, 0.6) is 0 Å². The Morgan fingerprint density at radius 2 is 2.35 bits per heavy atom. The van der Waals surface area contributed by atoms with E-state index in [0.717, 1.165) is 44.8 Å². The zero-order valence-electron chi connectivity index (χ0n) is 11.6. The molecule has 102 valence electrons. The zero-order chi connectivity index (χ0) is 12.5. The summed E-state index contributed by atoms with van der Waals surface area (Å²) in [7, 11) is 2.24. The summed E-state index contributed by atoms with van der Waals surface area (Å²) in [6.45, 7) is 7.54. The van der Waals surface area contributed by atoms with Crippen LogP contribution in [-0.4, -0.2) is 62.8 Å². The molecule has 2 atom stereocenters. The van der Waals surface area contributed by atoms with Crippen molar-refractivity contribution in [3.63, 3.8) is 0 Å². The van der Waals surface area contributed by atoms with E-state index in [1.807, 2.05) is 11.8 Å². The minimum atomic E-state index is 0.724.